The first-order chi connectivity index (χ1) is 8.76. The molecule has 0 aromatic carbocycles. The number of carbonyl (C=O) groups excluding carboxylic acids is 1. The molecule has 2 heterocycles. The van der Waals surface area contributed by atoms with Gasteiger partial charge in [0.25, 0.3) is 0 Å². The Morgan fingerprint density at radius 3 is 3.00 bits per heavy atom. The van der Waals surface area contributed by atoms with Crippen molar-refractivity contribution >= 4 is 23.0 Å². The molecule has 2 N–H and O–H groups in total. The number of nitrogens with one attached hydrogen (secondary N) is 2. The van der Waals surface area contributed by atoms with E-state index in [1.165, 1.54) is 12.7 Å². The van der Waals surface area contributed by atoms with Crippen LogP contribution in [0.1, 0.15) is 20.3 Å². The molecule has 0 amide bonds. The second kappa shape index (κ2) is 5.44. The molecule has 0 saturated heterocycles. The Morgan fingerprint density at radius 2 is 2.28 bits per heavy atom. The third-order valence-corrected chi connectivity index (χ3v) is 2.51. The van der Waals surface area contributed by atoms with Crippen molar-refractivity contribution < 1.29 is 9.53 Å². The summed E-state index contributed by atoms with van der Waals surface area (Å²) in [5, 5.41) is 3.05. The summed E-state index contributed by atoms with van der Waals surface area (Å²) in [6, 6.07) is -0.425. The maximum absolute atomic E-state index is 11.7. The number of hydrogen-bond donors (Lipinski definition) is 2. The van der Waals surface area contributed by atoms with Crippen LogP contribution in [0, 0.1) is 0 Å². The highest BCUT2D eigenvalue weighted by atomic mass is 16.5. The molecule has 0 unspecified atom stereocenters. The molecule has 0 aliphatic heterocycles. The van der Waals surface area contributed by atoms with E-state index in [9.17, 15) is 4.79 Å². The number of aromatic nitrogens is 4. The average Bonchev–Trinajstić information content (AvgIpc) is 2.85. The number of nitrogens with zero attached hydrogens (tertiary/aromatic N) is 3. The fraction of sp³-hybridized carbons (Fsp3) is 0.455. The predicted octanol–water partition coefficient (Wildman–Crippen LogP) is 1.11. The lowest BCUT2D eigenvalue weighted by Gasteiger charge is -2.15. The number of H-pyrrole nitrogens is 1. The van der Waals surface area contributed by atoms with E-state index in [2.05, 4.69) is 25.3 Å². The van der Waals surface area contributed by atoms with Crippen molar-refractivity contribution in [2.24, 2.45) is 0 Å². The number of carbonyl (C=O) groups is 1. The quantitative estimate of drug-likeness (QED) is 0.771. The minimum Gasteiger partial charge on any atom is -0.464 e. The van der Waals surface area contributed by atoms with Crippen LogP contribution >= 0.6 is 0 Å². The zero-order chi connectivity index (χ0) is 13.0. The average molecular weight is 249 g/mol. The normalized spacial score (nSPS) is 12.3. The number of aromatic amines is 1. The summed E-state index contributed by atoms with van der Waals surface area (Å²) in [5.74, 6) is 0.267. The second-order valence-electron chi connectivity index (χ2n) is 3.68. The minimum absolute atomic E-state index is 0.286. The number of hydrogen-bond acceptors (Lipinski definition) is 6. The summed E-state index contributed by atoms with van der Waals surface area (Å²) in [7, 11) is 0. The molecule has 0 spiro atoms. The van der Waals surface area contributed by atoms with Crippen LogP contribution in [0.3, 0.4) is 0 Å². The molecular weight excluding hydrogens is 234 g/mol. The summed E-state index contributed by atoms with van der Waals surface area (Å²) in [5.41, 5.74) is 1.24. The van der Waals surface area contributed by atoms with E-state index in [-0.39, 0.29) is 5.97 Å². The van der Waals surface area contributed by atoms with Gasteiger partial charge in [-0.05, 0) is 13.3 Å². The van der Waals surface area contributed by atoms with Gasteiger partial charge >= 0.3 is 5.97 Å². The molecule has 2 rings (SSSR count). The Hall–Kier alpha value is -2.18. The topological polar surface area (TPSA) is 92.8 Å². The van der Waals surface area contributed by atoms with Crippen molar-refractivity contribution in [2.45, 2.75) is 26.3 Å². The number of rotatable bonds is 5. The molecule has 2 aromatic rings. The summed E-state index contributed by atoms with van der Waals surface area (Å²) < 4.78 is 4.99. The van der Waals surface area contributed by atoms with Crippen molar-refractivity contribution in [3.8, 4) is 0 Å². The molecule has 7 nitrogen and oxygen atoms in total. The lowest BCUT2D eigenvalue weighted by Crippen LogP contribution is -2.31. The molecule has 96 valence electrons. The Labute approximate surface area is 104 Å². The van der Waals surface area contributed by atoms with Crippen molar-refractivity contribution in [2.75, 3.05) is 11.9 Å². The van der Waals surface area contributed by atoms with Gasteiger partial charge in [-0.15, -0.1) is 0 Å². The van der Waals surface area contributed by atoms with Gasteiger partial charge in [-0.3, -0.25) is 0 Å². The molecular formula is C11H15N5O2. The van der Waals surface area contributed by atoms with Gasteiger partial charge in [0.1, 0.15) is 17.9 Å². The maximum Gasteiger partial charge on any atom is 0.328 e. The van der Waals surface area contributed by atoms with Crippen LogP contribution in [-0.2, 0) is 9.53 Å². The molecule has 0 radical (unpaired) electrons. The van der Waals surface area contributed by atoms with E-state index >= 15 is 0 Å². The van der Waals surface area contributed by atoms with E-state index in [1.54, 1.807) is 6.92 Å². The van der Waals surface area contributed by atoms with Crippen LogP contribution in [0.4, 0.5) is 5.82 Å². The van der Waals surface area contributed by atoms with Crippen molar-refractivity contribution in [1.82, 2.24) is 19.9 Å². The summed E-state index contributed by atoms with van der Waals surface area (Å²) in [4.78, 5) is 26.8. The molecule has 0 aliphatic carbocycles. The Morgan fingerprint density at radius 1 is 1.44 bits per heavy atom. The first-order valence-corrected chi connectivity index (χ1v) is 5.83. The van der Waals surface area contributed by atoms with E-state index in [0.29, 0.717) is 30.0 Å². The van der Waals surface area contributed by atoms with Gasteiger partial charge in [-0.2, -0.15) is 0 Å². The highest BCUT2D eigenvalue weighted by Gasteiger charge is 2.19. The molecule has 0 aliphatic rings. The third kappa shape index (κ3) is 2.39. The molecule has 7 heteroatoms. The van der Waals surface area contributed by atoms with E-state index < -0.39 is 6.04 Å². The van der Waals surface area contributed by atoms with Crippen LogP contribution in [0.5, 0.6) is 0 Å². The first-order valence-electron chi connectivity index (χ1n) is 5.83. The summed E-state index contributed by atoms with van der Waals surface area (Å²) >= 11 is 0. The minimum atomic E-state index is -0.425. The fourth-order valence-electron chi connectivity index (χ4n) is 1.61. The first kappa shape index (κ1) is 12.3. The number of ether oxygens (including phenoxy) is 1. The monoisotopic (exact) mass is 249 g/mol. The standard InChI is InChI=1S/C11H15N5O2/c1-3-7(11(17)18-4-2)16-10-8-9(13-5-12-8)14-6-15-10/h5-7H,3-4H2,1-2H3,(H2,12,13,14,15,16)/t7-/m0/s1. The zero-order valence-corrected chi connectivity index (χ0v) is 10.3. The van der Waals surface area contributed by atoms with Crippen molar-refractivity contribution in [3.05, 3.63) is 12.7 Å². The Bertz CT molecular complexity index is 539. The largest absolute Gasteiger partial charge is 0.464 e. The SMILES string of the molecule is CCOC(=O)[C@H](CC)Nc1ncnc2nc[nH]c12. The highest BCUT2D eigenvalue weighted by molar-refractivity contribution is 5.86. The molecule has 18 heavy (non-hydrogen) atoms. The molecule has 0 saturated carbocycles. The van der Waals surface area contributed by atoms with Crippen LogP contribution in [0.2, 0.25) is 0 Å². The van der Waals surface area contributed by atoms with Gasteiger partial charge < -0.3 is 15.0 Å². The van der Waals surface area contributed by atoms with E-state index in [1.807, 2.05) is 6.92 Å². The molecule has 2 aromatic heterocycles. The van der Waals surface area contributed by atoms with Crippen molar-refractivity contribution in [3.63, 3.8) is 0 Å². The van der Waals surface area contributed by atoms with Crippen molar-refractivity contribution in [1.29, 1.82) is 0 Å². The number of esters is 1. The lowest BCUT2D eigenvalue weighted by atomic mass is 10.2. The van der Waals surface area contributed by atoms with Crippen LogP contribution in [0.15, 0.2) is 12.7 Å². The van der Waals surface area contributed by atoms with Crippen LogP contribution < -0.4 is 5.32 Å². The van der Waals surface area contributed by atoms with Crippen LogP contribution in [0.25, 0.3) is 11.2 Å². The maximum atomic E-state index is 11.7. The highest BCUT2D eigenvalue weighted by Crippen LogP contribution is 2.16. The predicted molar refractivity (Wildman–Crippen MR) is 66.0 cm³/mol. The number of anilines is 1. The zero-order valence-electron chi connectivity index (χ0n) is 10.3. The van der Waals surface area contributed by atoms with E-state index in [4.69, 9.17) is 4.74 Å². The van der Waals surface area contributed by atoms with Crippen LogP contribution in [-0.4, -0.2) is 38.6 Å². The molecule has 0 bridgehead atoms. The van der Waals surface area contributed by atoms with E-state index in [0.717, 1.165) is 0 Å². The summed E-state index contributed by atoms with van der Waals surface area (Å²) in [6.07, 6.45) is 3.55. The van der Waals surface area contributed by atoms with Gasteiger partial charge in [-0.25, -0.2) is 19.7 Å². The van der Waals surface area contributed by atoms with Gasteiger partial charge in [0.2, 0.25) is 0 Å². The second-order valence-corrected chi connectivity index (χ2v) is 3.68. The number of fused-ring (bicyclic) bond motifs is 1. The Kier molecular flexibility index (Phi) is 3.71. The summed E-state index contributed by atoms with van der Waals surface area (Å²) in [6.45, 7) is 4.04. The number of imidazole rings is 1. The molecule has 1 atom stereocenters. The third-order valence-electron chi connectivity index (χ3n) is 2.51. The van der Waals surface area contributed by atoms with Gasteiger partial charge in [0, 0.05) is 0 Å². The van der Waals surface area contributed by atoms with Gasteiger partial charge in [0.15, 0.2) is 11.5 Å². The fourth-order valence-corrected chi connectivity index (χ4v) is 1.61. The van der Waals surface area contributed by atoms with Gasteiger partial charge in [-0.1, -0.05) is 6.92 Å². The molecule has 0 fully saturated rings. The Balaban J connectivity index is 2.21. The lowest BCUT2D eigenvalue weighted by molar-refractivity contribution is -0.144. The smallest absolute Gasteiger partial charge is 0.328 e. The van der Waals surface area contributed by atoms with Gasteiger partial charge in [0.05, 0.1) is 12.9 Å².